The summed E-state index contributed by atoms with van der Waals surface area (Å²) in [7, 11) is 0. The second-order valence-electron chi connectivity index (χ2n) is 12.0. The van der Waals surface area contributed by atoms with Crippen molar-refractivity contribution in [2.45, 2.75) is 44.9 Å². The first-order valence-corrected chi connectivity index (χ1v) is 15.4. The Bertz CT molecular complexity index is 2020. The fraction of sp³-hybridized carbons (Fsp3) is 0.257. The molecule has 1 aliphatic heterocycles. The molecule has 12 nitrogen and oxygen atoms in total. The second-order valence-corrected chi connectivity index (χ2v) is 12.0. The van der Waals surface area contributed by atoms with E-state index in [1.807, 2.05) is 24.3 Å². The average Bonchev–Trinajstić information content (AvgIpc) is 3.35. The monoisotopic (exact) mass is 631 g/mol. The number of hydrogen-bond acceptors (Lipinski definition) is 10. The van der Waals surface area contributed by atoms with Gasteiger partial charge >= 0.3 is 0 Å². The molecule has 3 aromatic heterocycles. The number of aldehydes is 1. The largest absolute Gasteiger partial charge is 0.398 e. The molecule has 2 aromatic carbocycles. The molecule has 0 unspecified atom stereocenters. The summed E-state index contributed by atoms with van der Waals surface area (Å²) in [5, 5.41) is 14.1. The van der Waals surface area contributed by atoms with Crippen LogP contribution in [0.4, 0.5) is 23.0 Å². The molecule has 4 N–H and O–H groups in total. The minimum Gasteiger partial charge on any atom is -0.398 e. The molecule has 1 fully saturated rings. The standard InChI is InChI=1S/C35H37N9O3/c1-4-17-43-33(46)28-21-38-34(41-32(28)44(43)30-10-6-9-29(40-30)35(2,3)47)39-26-11-13-27(14-12-26)42-18-15-25(16-19-42)37-20-23-7-5-8-24(22-45)31(23)36/h4-14,20-22,25,47H,1,15-19,36H2,2-3H3,(H,38,39,41). The van der Waals surface area contributed by atoms with E-state index >= 15 is 0 Å². The number of aliphatic imine (C=N–C) groups is 1. The van der Waals surface area contributed by atoms with E-state index in [1.54, 1.807) is 55.1 Å². The normalized spacial score (nSPS) is 14.1. The highest BCUT2D eigenvalue weighted by atomic mass is 16.3. The van der Waals surface area contributed by atoms with Gasteiger partial charge in [0.15, 0.2) is 17.8 Å². The van der Waals surface area contributed by atoms with Crippen LogP contribution in [0.5, 0.6) is 0 Å². The van der Waals surface area contributed by atoms with Crippen LogP contribution in [0.1, 0.15) is 48.3 Å². The molecular formula is C35H37N9O3. The van der Waals surface area contributed by atoms with E-state index in [2.05, 4.69) is 38.9 Å². The average molecular weight is 632 g/mol. The van der Waals surface area contributed by atoms with Crippen molar-refractivity contribution < 1.29 is 9.90 Å². The van der Waals surface area contributed by atoms with Gasteiger partial charge < -0.3 is 21.1 Å². The number of allylic oxidation sites excluding steroid dienone is 1. The smallest absolute Gasteiger partial charge is 0.278 e. The Labute approximate surface area is 271 Å². The van der Waals surface area contributed by atoms with Crippen LogP contribution in [0.2, 0.25) is 0 Å². The summed E-state index contributed by atoms with van der Waals surface area (Å²) in [6.07, 6.45) is 7.48. The van der Waals surface area contributed by atoms with Crippen molar-refractivity contribution in [3.05, 3.63) is 107 Å². The lowest BCUT2D eigenvalue weighted by Gasteiger charge is -2.32. The number of carbonyl (C=O) groups is 1. The van der Waals surface area contributed by atoms with Gasteiger partial charge in [-0.1, -0.05) is 24.3 Å². The molecule has 47 heavy (non-hydrogen) atoms. The third-order valence-electron chi connectivity index (χ3n) is 8.23. The molecule has 240 valence electrons. The molecule has 12 heteroatoms. The zero-order valence-electron chi connectivity index (χ0n) is 26.4. The van der Waals surface area contributed by atoms with E-state index in [1.165, 1.54) is 10.9 Å². The highest BCUT2D eigenvalue weighted by Crippen LogP contribution is 2.26. The van der Waals surface area contributed by atoms with Gasteiger partial charge in [0.2, 0.25) is 5.95 Å². The number of nitrogens with zero attached hydrogens (tertiary/aromatic N) is 7. The van der Waals surface area contributed by atoms with Crippen molar-refractivity contribution in [2.24, 2.45) is 4.99 Å². The molecule has 0 radical (unpaired) electrons. The van der Waals surface area contributed by atoms with Crippen molar-refractivity contribution in [1.29, 1.82) is 0 Å². The molecular weight excluding hydrogens is 594 g/mol. The first kappa shape index (κ1) is 31.4. The van der Waals surface area contributed by atoms with Gasteiger partial charge in [0.1, 0.15) is 11.0 Å². The van der Waals surface area contributed by atoms with Crippen LogP contribution in [-0.2, 0) is 12.1 Å². The van der Waals surface area contributed by atoms with Gasteiger partial charge in [-0.25, -0.2) is 19.3 Å². The molecule has 0 aliphatic carbocycles. The van der Waals surface area contributed by atoms with Crippen LogP contribution in [0.15, 0.2) is 89.3 Å². The predicted octanol–water partition coefficient (Wildman–Crippen LogP) is 4.62. The van der Waals surface area contributed by atoms with Gasteiger partial charge in [-0.3, -0.25) is 14.6 Å². The van der Waals surface area contributed by atoms with Crippen LogP contribution in [0.25, 0.3) is 16.9 Å². The van der Waals surface area contributed by atoms with Crippen molar-refractivity contribution >= 4 is 46.5 Å². The fourth-order valence-electron chi connectivity index (χ4n) is 5.65. The van der Waals surface area contributed by atoms with Crippen molar-refractivity contribution in [3.63, 3.8) is 0 Å². The van der Waals surface area contributed by atoms with Gasteiger partial charge in [0.25, 0.3) is 5.56 Å². The number of fused-ring (bicyclic) bond motifs is 1. The number of anilines is 4. The minimum atomic E-state index is -1.17. The zero-order valence-corrected chi connectivity index (χ0v) is 26.4. The van der Waals surface area contributed by atoms with E-state index in [4.69, 9.17) is 15.7 Å². The summed E-state index contributed by atoms with van der Waals surface area (Å²) in [5.74, 6) is 0.768. The topological polar surface area (TPSA) is 157 Å². The first-order chi connectivity index (χ1) is 22.7. The maximum atomic E-state index is 13.3. The fourth-order valence-corrected chi connectivity index (χ4v) is 5.65. The lowest BCUT2D eigenvalue weighted by atomic mass is 10.0. The van der Waals surface area contributed by atoms with Crippen molar-refractivity contribution in [3.8, 4) is 5.82 Å². The van der Waals surface area contributed by atoms with E-state index in [-0.39, 0.29) is 18.1 Å². The quantitative estimate of drug-likeness (QED) is 0.0866. The lowest BCUT2D eigenvalue weighted by molar-refractivity contribution is 0.0738. The number of rotatable bonds is 10. The number of nitrogens with two attached hydrogens (primary N) is 1. The molecule has 0 bridgehead atoms. The molecule has 0 atom stereocenters. The van der Waals surface area contributed by atoms with Gasteiger partial charge in [-0.15, -0.1) is 6.58 Å². The Hall–Kier alpha value is -5.62. The number of carbonyl (C=O) groups excluding carboxylic acids is 1. The predicted molar refractivity (Wildman–Crippen MR) is 185 cm³/mol. The number of nitrogen functional groups attached to an aromatic ring is 1. The zero-order chi connectivity index (χ0) is 33.1. The molecule has 1 saturated heterocycles. The summed E-state index contributed by atoms with van der Waals surface area (Å²) in [6.45, 7) is 9.08. The lowest BCUT2D eigenvalue weighted by Crippen LogP contribution is -2.35. The van der Waals surface area contributed by atoms with Crippen molar-refractivity contribution in [2.75, 3.05) is 29.0 Å². The highest BCUT2D eigenvalue weighted by Gasteiger charge is 2.22. The highest BCUT2D eigenvalue weighted by molar-refractivity contribution is 5.94. The van der Waals surface area contributed by atoms with Crippen LogP contribution < -0.4 is 21.5 Å². The van der Waals surface area contributed by atoms with E-state index in [0.29, 0.717) is 39.7 Å². The summed E-state index contributed by atoms with van der Waals surface area (Å²) in [4.78, 5) is 45.3. The summed E-state index contributed by atoms with van der Waals surface area (Å²) < 4.78 is 3.13. The van der Waals surface area contributed by atoms with Crippen LogP contribution in [-0.4, -0.2) is 61.1 Å². The van der Waals surface area contributed by atoms with E-state index in [9.17, 15) is 14.7 Å². The number of para-hydroxylation sites is 1. The number of hydrogen-bond donors (Lipinski definition) is 3. The Morgan fingerprint density at radius 2 is 1.79 bits per heavy atom. The Kier molecular flexibility index (Phi) is 8.68. The molecule has 6 rings (SSSR count). The first-order valence-electron chi connectivity index (χ1n) is 15.4. The van der Waals surface area contributed by atoms with E-state index in [0.717, 1.165) is 49.2 Å². The molecule has 0 saturated carbocycles. The Balaban J connectivity index is 1.17. The number of piperidine rings is 1. The van der Waals surface area contributed by atoms with Crippen LogP contribution in [0.3, 0.4) is 0 Å². The number of pyridine rings is 1. The molecule has 0 amide bonds. The van der Waals surface area contributed by atoms with E-state index < -0.39 is 5.60 Å². The van der Waals surface area contributed by atoms with Gasteiger partial charge in [0, 0.05) is 48.0 Å². The summed E-state index contributed by atoms with van der Waals surface area (Å²) in [5.41, 5.74) is 9.09. The maximum absolute atomic E-state index is 13.3. The molecule has 0 spiro atoms. The molecule has 5 aromatic rings. The molecule has 4 heterocycles. The Morgan fingerprint density at radius 1 is 1.06 bits per heavy atom. The summed E-state index contributed by atoms with van der Waals surface area (Å²) >= 11 is 0. The van der Waals surface area contributed by atoms with Gasteiger partial charge in [-0.2, -0.15) is 4.98 Å². The third-order valence-corrected chi connectivity index (χ3v) is 8.23. The van der Waals surface area contributed by atoms with Crippen LogP contribution >= 0.6 is 0 Å². The third kappa shape index (κ3) is 6.54. The van der Waals surface area contributed by atoms with Crippen LogP contribution in [0, 0.1) is 0 Å². The van der Waals surface area contributed by atoms with Crippen molar-refractivity contribution in [1.82, 2.24) is 24.3 Å². The number of aromatic nitrogens is 5. The van der Waals surface area contributed by atoms with Gasteiger partial charge in [-0.05, 0) is 69.2 Å². The minimum absolute atomic E-state index is 0.185. The SMILES string of the molecule is C=CCn1c(=O)c2cnc(Nc3ccc(N4CCC(N=Cc5cccc(C=O)c5N)CC4)cc3)nc2n1-c1cccc(C(C)(C)O)n1. The number of aliphatic hydroxyl groups is 1. The number of nitrogens with one attached hydrogen (secondary N) is 1. The maximum Gasteiger partial charge on any atom is 0.278 e. The van der Waals surface area contributed by atoms with Gasteiger partial charge in [0.05, 0.1) is 24.0 Å². The number of benzene rings is 2. The summed E-state index contributed by atoms with van der Waals surface area (Å²) in [6, 6.07) is 18.9. The Morgan fingerprint density at radius 3 is 2.49 bits per heavy atom. The second kappa shape index (κ2) is 13.0. The molecule has 1 aliphatic rings.